The lowest BCUT2D eigenvalue weighted by molar-refractivity contribution is -0.151. The van der Waals surface area contributed by atoms with Crippen LogP contribution in [0, 0.1) is 5.92 Å². The smallest absolute Gasteiger partial charge is 0.310 e. The second-order valence-electron chi connectivity index (χ2n) is 6.10. The molecule has 1 atom stereocenters. The number of rotatable bonds is 6. The Labute approximate surface area is 166 Å². The fraction of sp³-hybridized carbons (Fsp3) is 0.444. The van der Waals surface area contributed by atoms with Gasteiger partial charge in [-0.25, -0.2) is 0 Å². The van der Waals surface area contributed by atoms with Gasteiger partial charge in [0.15, 0.2) is 0 Å². The first-order valence-corrected chi connectivity index (χ1v) is 10.1. The van der Waals surface area contributed by atoms with E-state index in [1.54, 1.807) is 30.0 Å². The van der Waals surface area contributed by atoms with Crippen LogP contribution >= 0.6 is 23.4 Å². The van der Waals surface area contributed by atoms with E-state index in [-0.39, 0.29) is 23.5 Å². The molecule has 1 amide bonds. The lowest BCUT2D eigenvalue weighted by atomic mass is 9.98. The van der Waals surface area contributed by atoms with E-state index < -0.39 is 0 Å². The molecule has 0 radical (unpaired) electrons. The number of piperidine rings is 1. The Morgan fingerprint density at radius 1 is 1.41 bits per heavy atom. The number of nitrogens with zero attached hydrogens (tertiary/aromatic N) is 3. The molecule has 1 aliphatic rings. The summed E-state index contributed by atoms with van der Waals surface area (Å²) >= 11 is 7.15. The van der Waals surface area contributed by atoms with Crippen molar-refractivity contribution in [3.63, 3.8) is 0 Å². The molecule has 1 aromatic heterocycles. The van der Waals surface area contributed by atoms with Gasteiger partial charge in [-0.1, -0.05) is 29.4 Å². The molecule has 0 aliphatic carbocycles. The Morgan fingerprint density at radius 2 is 2.26 bits per heavy atom. The molecule has 1 aromatic carbocycles. The Kier molecular flexibility index (Phi) is 6.73. The van der Waals surface area contributed by atoms with Crippen molar-refractivity contribution in [2.75, 3.05) is 25.4 Å². The molecule has 0 saturated carbocycles. The van der Waals surface area contributed by atoms with Gasteiger partial charge in [-0.2, -0.15) is 0 Å². The summed E-state index contributed by atoms with van der Waals surface area (Å²) in [6.45, 7) is 3.18. The zero-order valence-corrected chi connectivity index (χ0v) is 16.5. The van der Waals surface area contributed by atoms with Gasteiger partial charge in [0.2, 0.25) is 11.8 Å². The van der Waals surface area contributed by atoms with E-state index in [0.717, 1.165) is 18.4 Å². The van der Waals surface area contributed by atoms with Crippen LogP contribution in [0.25, 0.3) is 11.5 Å². The van der Waals surface area contributed by atoms with Gasteiger partial charge in [-0.05, 0) is 38.0 Å². The largest absolute Gasteiger partial charge is 0.466 e. The highest BCUT2D eigenvalue weighted by Gasteiger charge is 2.29. The Bertz CT molecular complexity index is 813. The topological polar surface area (TPSA) is 85.5 Å². The van der Waals surface area contributed by atoms with Crippen LogP contribution in [0.5, 0.6) is 0 Å². The van der Waals surface area contributed by atoms with Crippen molar-refractivity contribution in [3.8, 4) is 11.5 Å². The first kappa shape index (κ1) is 19.7. The van der Waals surface area contributed by atoms with E-state index in [1.165, 1.54) is 11.8 Å². The molecule has 3 rings (SSSR count). The molecule has 7 nitrogen and oxygen atoms in total. The molecule has 1 saturated heterocycles. The average molecular weight is 410 g/mol. The van der Waals surface area contributed by atoms with Crippen molar-refractivity contribution in [3.05, 3.63) is 29.3 Å². The van der Waals surface area contributed by atoms with Crippen LogP contribution in [0.2, 0.25) is 5.02 Å². The molecule has 144 valence electrons. The number of likely N-dealkylation sites (tertiary alicyclic amines) is 1. The third-order valence-corrected chi connectivity index (χ3v) is 5.23. The summed E-state index contributed by atoms with van der Waals surface area (Å²) in [4.78, 5) is 26.1. The zero-order valence-electron chi connectivity index (χ0n) is 14.9. The van der Waals surface area contributed by atoms with Gasteiger partial charge in [-0.15, -0.1) is 10.2 Å². The molecule has 0 N–H and O–H groups in total. The monoisotopic (exact) mass is 409 g/mol. The summed E-state index contributed by atoms with van der Waals surface area (Å²) in [5, 5.41) is 8.85. The Balaban J connectivity index is 1.54. The van der Waals surface area contributed by atoms with Crippen molar-refractivity contribution < 1.29 is 18.7 Å². The van der Waals surface area contributed by atoms with Gasteiger partial charge >= 0.3 is 5.97 Å². The number of amides is 1. The van der Waals surface area contributed by atoms with E-state index in [1.807, 2.05) is 6.07 Å². The molecular weight excluding hydrogens is 390 g/mol. The number of hydrogen-bond donors (Lipinski definition) is 0. The molecule has 0 bridgehead atoms. The van der Waals surface area contributed by atoms with Crippen molar-refractivity contribution in [1.82, 2.24) is 15.1 Å². The number of halogens is 1. The molecule has 0 spiro atoms. The van der Waals surface area contributed by atoms with Crippen LogP contribution < -0.4 is 0 Å². The average Bonchev–Trinajstić information content (AvgIpc) is 3.15. The highest BCUT2D eigenvalue weighted by Crippen LogP contribution is 2.26. The summed E-state index contributed by atoms with van der Waals surface area (Å²) in [6, 6.07) is 7.12. The minimum absolute atomic E-state index is 0.0588. The van der Waals surface area contributed by atoms with E-state index in [4.69, 9.17) is 20.8 Å². The number of carbonyl (C=O) groups excluding carboxylic acids is 2. The van der Waals surface area contributed by atoms with Crippen molar-refractivity contribution in [1.29, 1.82) is 0 Å². The van der Waals surface area contributed by atoms with Crippen molar-refractivity contribution in [2.45, 2.75) is 25.0 Å². The summed E-state index contributed by atoms with van der Waals surface area (Å²) in [5.41, 5.74) is 0.724. The van der Waals surface area contributed by atoms with Crippen molar-refractivity contribution >= 4 is 35.2 Å². The highest BCUT2D eigenvalue weighted by atomic mass is 35.5. The van der Waals surface area contributed by atoms with Gasteiger partial charge < -0.3 is 14.1 Å². The standard InChI is InChI=1S/C18H20ClN3O4S/c1-2-25-17(24)13-6-4-8-22(10-13)15(23)11-27-18-21-20-16(26-18)12-5-3-7-14(19)9-12/h3,5,7,9,13H,2,4,6,8,10-11H2,1H3/t13-/m0/s1. The molecular formula is C18H20ClN3O4S. The number of esters is 1. The number of thioether (sulfide) groups is 1. The van der Waals surface area contributed by atoms with Gasteiger partial charge in [0, 0.05) is 23.7 Å². The third kappa shape index (κ3) is 5.23. The van der Waals surface area contributed by atoms with Crippen LogP contribution in [0.1, 0.15) is 19.8 Å². The molecule has 2 heterocycles. The molecule has 2 aromatic rings. The van der Waals surface area contributed by atoms with Crippen LogP contribution in [0.4, 0.5) is 0 Å². The molecule has 9 heteroatoms. The summed E-state index contributed by atoms with van der Waals surface area (Å²) in [6.07, 6.45) is 1.54. The predicted octanol–water partition coefficient (Wildman–Crippen LogP) is 3.28. The maximum absolute atomic E-state index is 12.5. The first-order valence-electron chi connectivity index (χ1n) is 8.73. The maximum atomic E-state index is 12.5. The van der Waals surface area contributed by atoms with Crippen LogP contribution in [-0.2, 0) is 14.3 Å². The third-order valence-electron chi connectivity index (χ3n) is 4.19. The van der Waals surface area contributed by atoms with Crippen molar-refractivity contribution in [2.24, 2.45) is 5.92 Å². The van der Waals surface area contributed by atoms with Gasteiger partial charge in [0.25, 0.3) is 5.22 Å². The molecule has 1 aliphatic heterocycles. The van der Waals surface area contributed by atoms with Crippen LogP contribution in [-0.4, -0.2) is 52.4 Å². The quantitative estimate of drug-likeness (QED) is 0.534. The summed E-state index contributed by atoms with van der Waals surface area (Å²) in [5.74, 6) is -0.00675. The number of ether oxygens (including phenoxy) is 1. The van der Waals surface area contributed by atoms with Crippen LogP contribution in [0.3, 0.4) is 0 Å². The van der Waals surface area contributed by atoms with Crippen LogP contribution in [0.15, 0.2) is 33.9 Å². The molecule has 0 unspecified atom stereocenters. The second kappa shape index (κ2) is 9.23. The zero-order chi connectivity index (χ0) is 19.2. The molecule has 1 fully saturated rings. The normalized spacial score (nSPS) is 17.0. The SMILES string of the molecule is CCOC(=O)[C@H]1CCCN(C(=O)CSc2nnc(-c3cccc(Cl)c3)o2)C1. The first-order chi connectivity index (χ1) is 13.1. The fourth-order valence-electron chi connectivity index (χ4n) is 2.88. The summed E-state index contributed by atoms with van der Waals surface area (Å²) < 4.78 is 10.7. The predicted molar refractivity (Wildman–Crippen MR) is 101 cm³/mol. The number of carbonyl (C=O) groups is 2. The highest BCUT2D eigenvalue weighted by molar-refractivity contribution is 7.99. The summed E-state index contributed by atoms with van der Waals surface area (Å²) in [7, 11) is 0. The maximum Gasteiger partial charge on any atom is 0.310 e. The lowest BCUT2D eigenvalue weighted by Gasteiger charge is -2.31. The lowest BCUT2D eigenvalue weighted by Crippen LogP contribution is -2.43. The fourth-order valence-corrected chi connectivity index (χ4v) is 3.73. The minimum Gasteiger partial charge on any atom is -0.466 e. The Morgan fingerprint density at radius 3 is 3.04 bits per heavy atom. The van der Waals surface area contributed by atoms with Gasteiger partial charge in [-0.3, -0.25) is 9.59 Å². The van der Waals surface area contributed by atoms with E-state index in [0.29, 0.717) is 35.8 Å². The van der Waals surface area contributed by atoms with E-state index in [2.05, 4.69) is 10.2 Å². The number of hydrogen-bond acceptors (Lipinski definition) is 7. The second-order valence-corrected chi connectivity index (χ2v) is 7.47. The van der Waals surface area contributed by atoms with Gasteiger partial charge in [0.05, 0.1) is 18.3 Å². The Hall–Kier alpha value is -2.06. The molecule has 27 heavy (non-hydrogen) atoms. The number of aromatic nitrogens is 2. The van der Waals surface area contributed by atoms with E-state index >= 15 is 0 Å². The van der Waals surface area contributed by atoms with Gasteiger partial charge in [0.1, 0.15) is 0 Å². The minimum atomic E-state index is -0.245. The number of benzene rings is 1. The van der Waals surface area contributed by atoms with E-state index in [9.17, 15) is 9.59 Å².